The Labute approximate surface area is 172 Å². The number of carbonyl (C=O) groups excluding carboxylic acids is 2. The first-order valence-electron chi connectivity index (χ1n) is 10.1. The molecule has 0 unspecified atom stereocenters. The highest BCUT2D eigenvalue weighted by atomic mass is 35.5. The number of halogens is 1. The van der Waals surface area contributed by atoms with Crippen LogP contribution in [0.15, 0.2) is 24.3 Å². The predicted octanol–water partition coefficient (Wildman–Crippen LogP) is 2.51. The van der Waals surface area contributed by atoms with Crippen LogP contribution in [0.1, 0.15) is 26.7 Å². The van der Waals surface area contributed by atoms with Gasteiger partial charge in [0.15, 0.2) is 0 Å². The summed E-state index contributed by atoms with van der Waals surface area (Å²) in [5, 5.41) is 0.698. The van der Waals surface area contributed by atoms with Crippen molar-refractivity contribution in [2.45, 2.75) is 32.7 Å². The molecule has 7 heteroatoms. The molecule has 0 aromatic heterocycles. The van der Waals surface area contributed by atoms with Crippen molar-refractivity contribution in [1.29, 1.82) is 0 Å². The van der Waals surface area contributed by atoms with Crippen molar-refractivity contribution in [1.82, 2.24) is 14.7 Å². The van der Waals surface area contributed by atoms with Crippen molar-refractivity contribution in [2.24, 2.45) is 5.92 Å². The van der Waals surface area contributed by atoms with Gasteiger partial charge in [-0.15, -0.1) is 0 Å². The monoisotopic (exact) mass is 407 g/mol. The van der Waals surface area contributed by atoms with Crippen LogP contribution in [0.25, 0.3) is 0 Å². The van der Waals surface area contributed by atoms with E-state index in [2.05, 4.69) is 4.90 Å². The van der Waals surface area contributed by atoms with E-state index in [1.165, 1.54) is 0 Å². The lowest BCUT2D eigenvalue weighted by Crippen LogP contribution is -2.57. The third-order valence-corrected chi connectivity index (χ3v) is 5.76. The number of rotatable bonds is 7. The average molecular weight is 408 g/mol. The number of hydrogen-bond donors (Lipinski definition) is 0. The average Bonchev–Trinajstić information content (AvgIpc) is 3.09. The number of carbonyl (C=O) groups is 2. The van der Waals surface area contributed by atoms with Crippen LogP contribution in [-0.2, 0) is 9.59 Å². The smallest absolute Gasteiger partial charge is 0.245 e. The zero-order valence-corrected chi connectivity index (χ0v) is 17.5. The number of benzene rings is 1. The van der Waals surface area contributed by atoms with Gasteiger partial charge in [-0.1, -0.05) is 25.4 Å². The highest BCUT2D eigenvalue weighted by Gasteiger charge is 2.37. The molecule has 1 atom stereocenters. The van der Waals surface area contributed by atoms with Crippen LogP contribution in [0.2, 0.25) is 5.02 Å². The van der Waals surface area contributed by atoms with Gasteiger partial charge in [0.05, 0.1) is 0 Å². The molecule has 2 aliphatic rings. The molecule has 2 saturated heterocycles. The first-order valence-corrected chi connectivity index (χ1v) is 10.5. The normalized spacial score (nSPS) is 19.4. The van der Waals surface area contributed by atoms with Crippen molar-refractivity contribution in [3.05, 3.63) is 29.3 Å². The standard InChI is InChI=1S/C21H30ClN3O3/c1-16(2)20(25-9-3-4-19(25)26)21(27)24-12-10-23(11-13-24)14-15-28-18-7-5-17(22)6-8-18/h5-8,16,20H,3-4,9-15H2,1-2H3/t20-/m0/s1. The van der Waals surface area contributed by atoms with Crippen molar-refractivity contribution < 1.29 is 14.3 Å². The minimum Gasteiger partial charge on any atom is -0.492 e. The fraction of sp³-hybridized carbons (Fsp3) is 0.619. The molecule has 1 aromatic rings. The molecule has 6 nitrogen and oxygen atoms in total. The fourth-order valence-electron chi connectivity index (χ4n) is 3.94. The Morgan fingerprint density at radius 1 is 1.11 bits per heavy atom. The highest BCUT2D eigenvalue weighted by Crippen LogP contribution is 2.22. The van der Waals surface area contributed by atoms with Gasteiger partial charge >= 0.3 is 0 Å². The topological polar surface area (TPSA) is 53.1 Å². The summed E-state index contributed by atoms with van der Waals surface area (Å²) in [7, 11) is 0. The third-order valence-electron chi connectivity index (χ3n) is 5.50. The van der Waals surface area contributed by atoms with Crippen molar-refractivity contribution in [3.8, 4) is 5.75 Å². The predicted molar refractivity (Wildman–Crippen MR) is 110 cm³/mol. The summed E-state index contributed by atoms with van der Waals surface area (Å²) in [6, 6.07) is 7.04. The zero-order valence-electron chi connectivity index (χ0n) is 16.8. The van der Waals surface area contributed by atoms with Crippen LogP contribution in [0.5, 0.6) is 5.75 Å². The van der Waals surface area contributed by atoms with E-state index < -0.39 is 0 Å². The maximum atomic E-state index is 13.1. The molecule has 0 bridgehead atoms. The van der Waals surface area contributed by atoms with Gasteiger partial charge in [0.2, 0.25) is 11.8 Å². The molecule has 2 fully saturated rings. The van der Waals surface area contributed by atoms with Crippen molar-refractivity contribution >= 4 is 23.4 Å². The first-order chi connectivity index (χ1) is 13.5. The molecule has 2 amide bonds. The molecule has 0 radical (unpaired) electrons. The van der Waals surface area contributed by atoms with E-state index >= 15 is 0 Å². The Kier molecular flexibility index (Phi) is 7.18. The molecule has 0 aliphatic carbocycles. The van der Waals surface area contributed by atoms with Gasteiger partial charge in [-0.3, -0.25) is 14.5 Å². The van der Waals surface area contributed by atoms with Gasteiger partial charge in [0, 0.05) is 50.7 Å². The lowest BCUT2D eigenvalue weighted by Gasteiger charge is -2.39. The molecule has 28 heavy (non-hydrogen) atoms. The largest absolute Gasteiger partial charge is 0.492 e. The summed E-state index contributed by atoms with van der Waals surface area (Å²) in [4.78, 5) is 31.2. The van der Waals surface area contributed by atoms with Crippen LogP contribution >= 0.6 is 11.6 Å². The van der Waals surface area contributed by atoms with E-state index in [0.29, 0.717) is 37.7 Å². The van der Waals surface area contributed by atoms with Crippen molar-refractivity contribution in [2.75, 3.05) is 45.9 Å². The Hall–Kier alpha value is -1.79. The second-order valence-electron chi connectivity index (χ2n) is 7.85. The Balaban J connectivity index is 1.45. The number of likely N-dealkylation sites (tertiary alicyclic amines) is 1. The van der Waals surface area contributed by atoms with Gasteiger partial charge in [-0.05, 0) is 36.6 Å². The molecule has 0 N–H and O–H groups in total. The summed E-state index contributed by atoms with van der Waals surface area (Å²) in [6.07, 6.45) is 1.43. The van der Waals surface area contributed by atoms with Gasteiger partial charge in [0.25, 0.3) is 0 Å². The molecule has 3 rings (SSSR count). The SMILES string of the molecule is CC(C)[C@@H](C(=O)N1CCN(CCOc2ccc(Cl)cc2)CC1)N1CCCC1=O. The summed E-state index contributed by atoms with van der Waals surface area (Å²) < 4.78 is 5.76. The van der Waals surface area contributed by atoms with E-state index in [4.69, 9.17) is 16.3 Å². The van der Waals surface area contributed by atoms with E-state index in [-0.39, 0.29) is 23.8 Å². The fourth-order valence-corrected chi connectivity index (χ4v) is 4.07. The van der Waals surface area contributed by atoms with Crippen LogP contribution in [0.4, 0.5) is 0 Å². The van der Waals surface area contributed by atoms with Crippen molar-refractivity contribution in [3.63, 3.8) is 0 Å². The van der Waals surface area contributed by atoms with E-state index in [9.17, 15) is 9.59 Å². The minimum absolute atomic E-state index is 0.0994. The molecule has 1 aromatic carbocycles. The Morgan fingerprint density at radius 2 is 1.79 bits per heavy atom. The van der Waals surface area contributed by atoms with Gasteiger partial charge in [-0.25, -0.2) is 0 Å². The first kappa shape index (κ1) is 20.9. The lowest BCUT2D eigenvalue weighted by atomic mass is 10.0. The Morgan fingerprint density at radius 3 is 2.36 bits per heavy atom. The minimum atomic E-state index is -0.324. The summed E-state index contributed by atoms with van der Waals surface area (Å²) >= 11 is 5.88. The molecule has 154 valence electrons. The highest BCUT2D eigenvalue weighted by molar-refractivity contribution is 6.30. The number of hydrogen-bond acceptors (Lipinski definition) is 4. The number of nitrogens with zero attached hydrogens (tertiary/aromatic N) is 3. The molecular formula is C21H30ClN3O3. The third kappa shape index (κ3) is 5.17. The summed E-state index contributed by atoms with van der Waals surface area (Å²) in [5.74, 6) is 1.15. The number of piperazine rings is 1. The maximum Gasteiger partial charge on any atom is 0.245 e. The Bertz CT molecular complexity index is 672. The molecule has 2 aliphatic heterocycles. The van der Waals surface area contributed by atoms with E-state index in [0.717, 1.165) is 31.8 Å². The van der Waals surface area contributed by atoms with Crippen LogP contribution < -0.4 is 4.74 Å². The second-order valence-corrected chi connectivity index (χ2v) is 8.29. The van der Waals surface area contributed by atoms with Crippen LogP contribution in [-0.4, -0.2) is 78.4 Å². The lowest BCUT2D eigenvalue weighted by molar-refractivity contribution is -0.146. The van der Waals surface area contributed by atoms with Crippen LogP contribution in [0, 0.1) is 5.92 Å². The van der Waals surface area contributed by atoms with E-state index in [1.54, 1.807) is 4.90 Å². The number of amides is 2. The zero-order chi connectivity index (χ0) is 20.1. The molecule has 2 heterocycles. The van der Waals surface area contributed by atoms with Gasteiger partial charge in [0.1, 0.15) is 18.4 Å². The van der Waals surface area contributed by atoms with Gasteiger partial charge in [-0.2, -0.15) is 0 Å². The summed E-state index contributed by atoms with van der Waals surface area (Å²) in [5.41, 5.74) is 0. The summed E-state index contributed by atoms with van der Waals surface area (Å²) in [6.45, 7) is 9.24. The van der Waals surface area contributed by atoms with E-state index in [1.807, 2.05) is 43.0 Å². The quantitative estimate of drug-likeness (QED) is 0.697. The molecule has 0 saturated carbocycles. The maximum absolute atomic E-state index is 13.1. The molecule has 0 spiro atoms. The van der Waals surface area contributed by atoms with Gasteiger partial charge < -0.3 is 14.5 Å². The molecular weight excluding hydrogens is 378 g/mol. The van der Waals surface area contributed by atoms with Crippen LogP contribution in [0.3, 0.4) is 0 Å². The second kappa shape index (κ2) is 9.61. The number of ether oxygens (including phenoxy) is 1.